The highest BCUT2D eigenvalue weighted by molar-refractivity contribution is 6.05. The lowest BCUT2D eigenvalue weighted by Crippen LogP contribution is -2.12. The number of amides is 1. The van der Waals surface area contributed by atoms with E-state index in [4.69, 9.17) is 4.74 Å². The fourth-order valence-electron chi connectivity index (χ4n) is 1.96. The first-order chi connectivity index (χ1) is 11.9. The molecule has 9 nitrogen and oxygen atoms in total. The van der Waals surface area contributed by atoms with Crippen molar-refractivity contribution in [2.75, 3.05) is 11.9 Å². The standard InChI is InChI=1S/C16H13N3O6/c1-2-6-25-15-5-3-4-12(9-15)17-16(20)11-7-13(18(21)22)10-14(8-11)19(23)24/h2-5,7-10H,1,6H2,(H,17,20). The molecule has 0 spiro atoms. The van der Waals surface area contributed by atoms with Crippen LogP contribution >= 0.6 is 0 Å². The van der Waals surface area contributed by atoms with Crippen LogP contribution in [0.4, 0.5) is 17.1 Å². The van der Waals surface area contributed by atoms with Gasteiger partial charge in [0.05, 0.1) is 21.5 Å². The second-order valence-corrected chi connectivity index (χ2v) is 4.83. The molecule has 0 unspecified atom stereocenters. The zero-order valence-corrected chi connectivity index (χ0v) is 12.9. The molecule has 2 aromatic rings. The Morgan fingerprint density at radius 2 is 1.76 bits per heavy atom. The predicted molar refractivity (Wildman–Crippen MR) is 89.8 cm³/mol. The quantitative estimate of drug-likeness (QED) is 0.467. The van der Waals surface area contributed by atoms with Gasteiger partial charge in [0.15, 0.2) is 0 Å². The van der Waals surface area contributed by atoms with E-state index >= 15 is 0 Å². The van der Waals surface area contributed by atoms with Gasteiger partial charge in [0.25, 0.3) is 17.3 Å². The zero-order valence-electron chi connectivity index (χ0n) is 12.9. The molecular weight excluding hydrogens is 330 g/mol. The summed E-state index contributed by atoms with van der Waals surface area (Å²) < 4.78 is 5.34. The lowest BCUT2D eigenvalue weighted by atomic mass is 10.1. The Hall–Kier alpha value is -3.75. The Balaban J connectivity index is 2.27. The number of non-ortho nitro benzene ring substituents is 2. The Labute approximate surface area is 141 Å². The summed E-state index contributed by atoms with van der Waals surface area (Å²) in [6.07, 6.45) is 1.56. The van der Waals surface area contributed by atoms with E-state index in [-0.39, 0.29) is 12.2 Å². The third-order valence-electron chi connectivity index (χ3n) is 3.05. The molecule has 0 heterocycles. The number of anilines is 1. The lowest BCUT2D eigenvalue weighted by molar-refractivity contribution is -0.394. The molecule has 0 aliphatic rings. The van der Waals surface area contributed by atoms with E-state index in [0.29, 0.717) is 11.4 Å². The first-order valence-electron chi connectivity index (χ1n) is 6.99. The van der Waals surface area contributed by atoms with Gasteiger partial charge < -0.3 is 10.1 Å². The van der Waals surface area contributed by atoms with E-state index in [9.17, 15) is 25.0 Å². The monoisotopic (exact) mass is 343 g/mol. The number of hydrogen-bond acceptors (Lipinski definition) is 6. The molecule has 0 aliphatic heterocycles. The van der Waals surface area contributed by atoms with Gasteiger partial charge in [-0.15, -0.1) is 0 Å². The number of benzene rings is 2. The van der Waals surface area contributed by atoms with Gasteiger partial charge in [-0.1, -0.05) is 18.7 Å². The normalized spacial score (nSPS) is 9.92. The molecule has 0 radical (unpaired) electrons. The molecule has 2 aromatic carbocycles. The van der Waals surface area contributed by atoms with E-state index in [2.05, 4.69) is 11.9 Å². The van der Waals surface area contributed by atoms with Crippen LogP contribution in [0.1, 0.15) is 10.4 Å². The molecule has 25 heavy (non-hydrogen) atoms. The second kappa shape index (κ2) is 7.68. The highest BCUT2D eigenvalue weighted by Gasteiger charge is 2.20. The van der Waals surface area contributed by atoms with E-state index in [1.54, 1.807) is 30.3 Å². The molecule has 0 atom stereocenters. The fraction of sp³-hybridized carbons (Fsp3) is 0.0625. The number of hydrogen-bond donors (Lipinski definition) is 1. The second-order valence-electron chi connectivity index (χ2n) is 4.83. The maximum Gasteiger partial charge on any atom is 0.277 e. The van der Waals surface area contributed by atoms with Gasteiger partial charge in [-0.05, 0) is 12.1 Å². The van der Waals surface area contributed by atoms with E-state index < -0.39 is 27.1 Å². The van der Waals surface area contributed by atoms with Crippen LogP contribution in [0.15, 0.2) is 55.1 Å². The summed E-state index contributed by atoms with van der Waals surface area (Å²) in [5.74, 6) is -0.226. The molecule has 1 N–H and O–H groups in total. The van der Waals surface area contributed by atoms with E-state index in [0.717, 1.165) is 18.2 Å². The average Bonchev–Trinajstić information content (AvgIpc) is 2.59. The maximum atomic E-state index is 12.3. The molecule has 0 saturated carbocycles. The molecule has 0 aliphatic carbocycles. The number of nitrogens with one attached hydrogen (secondary N) is 1. The number of ether oxygens (including phenoxy) is 1. The number of carbonyl (C=O) groups is 1. The third-order valence-corrected chi connectivity index (χ3v) is 3.05. The summed E-state index contributed by atoms with van der Waals surface area (Å²) in [6, 6.07) is 9.19. The number of rotatable bonds is 7. The van der Waals surface area contributed by atoms with Gasteiger partial charge in [-0.25, -0.2) is 0 Å². The van der Waals surface area contributed by atoms with Crippen molar-refractivity contribution in [1.82, 2.24) is 0 Å². The van der Waals surface area contributed by atoms with Crippen molar-refractivity contribution in [3.05, 3.63) is 80.9 Å². The molecule has 128 valence electrons. The van der Waals surface area contributed by atoms with Crippen molar-refractivity contribution < 1.29 is 19.4 Å². The predicted octanol–water partition coefficient (Wildman–Crippen LogP) is 3.32. The minimum absolute atomic E-state index is 0.196. The van der Waals surface area contributed by atoms with Gasteiger partial charge in [0.2, 0.25) is 0 Å². The number of carbonyl (C=O) groups excluding carboxylic acids is 1. The van der Waals surface area contributed by atoms with Crippen LogP contribution < -0.4 is 10.1 Å². The number of nitro groups is 2. The number of nitro benzene ring substituents is 2. The Morgan fingerprint density at radius 3 is 2.32 bits per heavy atom. The average molecular weight is 343 g/mol. The van der Waals surface area contributed by atoms with Gasteiger partial charge in [0, 0.05) is 23.9 Å². The topological polar surface area (TPSA) is 125 Å². The summed E-state index contributed by atoms with van der Waals surface area (Å²) in [4.78, 5) is 32.4. The van der Waals surface area contributed by atoms with Crippen molar-refractivity contribution >= 4 is 23.0 Å². The molecule has 0 bridgehead atoms. The van der Waals surface area contributed by atoms with Gasteiger partial charge in [-0.3, -0.25) is 25.0 Å². The van der Waals surface area contributed by atoms with Crippen LogP contribution in [0, 0.1) is 20.2 Å². The summed E-state index contributed by atoms with van der Waals surface area (Å²) in [6.45, 7) is 3.81. The molecule has 2 rings (SSSR count). The highest BCUT2D eigenvalue weighted by Crippen LogP contribution is 2.24. The van der Waals surface area contributed by atoms with Crippen molar-refractivity contribution in [3.63, 3.8) is 0 Å². The zero-order chi connectivity index (χ0) is 18.4. The molecule has 0 fully saturated rings. The molecule has 9 heteroatoms. The SMILES string of the molecule is C=CCOc1cccc(NC(=O)c2cc([N+](=O)[O-])cc([N+](=O)[O-])c2)c1. The molecular formula is C16H13N3O6. The Bertz CT molecular complexity index is 817. The van der Waals surface area contributed by atoms with Gasteiger partial charge in [0.1, 0.15) is 12.4 Å². The van der Waals surface area contributed by atoms with Gasteiger partial charge in [-0.2, -0.15) is 0 Å². The van der Waals surface area contributed by atoms with Crippen molar-refractivity contribution in [1.29, 1.82) is 0 Å². The summed E-state index contributed by atoms with van der Waals surface area (Å²) in [7, 11) is 0. The van der Waals surface area contributed by atoms with Crippen LogP contribution in [0.2, 0.25) is 0 Å². The largest absolute Gasteiger partial charge is 0.489 e. The van der Waals surface area contributed by atoms with Crippen LogP contribution in [-0.2, 0) is 0 Å². The first kappa shape index (κ1) is 17.6. The van der Waals surface area contributed by atoms with Gasteiger partial charge >= 0.3 is 0 Å². The summed E-state index contributed by atoms with van der Waals surface area (Å²) >= 11 is 0. The maximum absolute atomic E-state index is 12.3. The lowest BCUT2D eigenvalue weighted by Gasteiger charge is -2.08. The minimum atomic E-state index is -0.798. The van der Waals surface area contributed by atoms with Crippen LogP contribution in [0.25, 0.3) is 0 Å². The van der Waals surface area contributed by atoms with E-state index in [1.165, 1.54) is 0 Å². The van der Waals surface area contributed by atoms with Crippen molar-refractivity contribution in [2.24, 2.45) is 0 Å². The third kappa shape index (κ3) is 4.61. The first-order valence-corrected chi connectivity index (χ1v) is 6.99. The Morgan fingerprint density at radius 1 is 1.12 bits per heavy atom. The summed E-state index contributed by atoms with van der Waals surface area (Å²) in [5, 5.41) is 24.3. The van der Waals surface area contributed by atoms with Crippen molar-refractivity contribution in [2.45, 2.75) is 0 Å². The van der Waals surface area contributed by atoms with Crippen LogP contribution in [-0.4, -0.2) is 22.4 Å². The number of nitrogens with zero attached hydrogens (tertiary/aromatic N) is 2. The van der Waals surface area contributed by atoms with Crippen LogP contribution in [0.3, 0.4) is 0 Å². The minimum Gasteiger partial charge on any atom is -0.489 e. The Kier molecular flexibility index (Phi) is 5.41. The highest BCUT2D eigenvalue weighted by atomic mass is 16.6. The fourth-order valence-corrected chi connectivity index (χ4v) is 1.96. The molecule has 0 aromatic heterocycles. The van der Waals surface area contributed by atoms with Crippen LogP contribution in [0.5, 0.6) is 5.75 Å². The molecule has 1 amide bonds. The smallest absolute Gasteiger partial charge is 0.277 e. The van der Waals surface area contributed by atoms with E-state index in [1.807, 2.05) is 0 Å². The summed E-state index contributed by atoms with van der Waals surface area (Å²) in [5.41, 5.74) is -0.899. The molecule has 0 saturated heterocycles. The van der Waals surface area contributed by atoms with Crippen molar-refractivity contribution in [3.8, 4) is 5.75 Å².